The van der Waals surface area contributed by atoms with E-state index >= 15 is 0 Å². The monoisotopic (exact) mass is 532 g/mol. The minimum atomic E-state index is -1.10. The number of unbranched alkanes of at least 4 members (excludes halogenated alkanes) is 1. The minimum Gasteiger partial charge on any atom is -0.493 e. The topological polar surface area (TPSA) is 113 Å². The van der Waals surface area contributed by atoms with Crippen LogP contribution in [0.5, 0.6) is 17.2 Å². The van der Waals surface area contributed by atoms with Crippen molar-refractivity contribution >= 4 is 16.8 Å². The molecule has 0 bridgehead atoms. The number of aliphatic hydroxyl groups is 2. The summed E-state index contributed by atoms with van der Waals surface area (Å²) in [6.45, 7) is 1.99. The Balaban J connectivity index is 1.65. The lowest BCUT2D eigenvalue weighted by atomic mass is 9.95. The molecule has 2 atom stereocenters. The second-order valence-corrected chi connectivity index (χ2v) is 9.51. The molecule has 4 rings (SSSR count). The first kappa shape index (κ1) is 28.0. The number of carbonyl (C=O) groups is 1. The molecule has 0 aliphatic heterocycles. The predicted molar refractivity (Wildman–Crippen MR) is 152 cm³/mol. The SMILES string of the molecule is COc1cc(-c2cc(CCCCO)cc(C(=O)N[C@H](O)C(C)c3c[nH]c4ccccc34)c2)cc(OC)c1OC. The third-order valence-electron chi connectivity index (χ3n) is 6.99. The molecule has 0 saturated heterocycles. The molecule has 0 spiro atoms. The number of para-hydroxylation sites is 1. The van der Waals surface area contributed by atoms with Gasteiger partial charge >= 0.3 is 0 Å². The summed E-state index contributed by atoms with van der Waals surface area (Å²) >= 11 is 0. The molecule has 4 N–H and O–H groups in total. The van der Waals surface area contributed by atoms with Crippen LogP contribution in [0.25, 0.3) is 22.0 Å². The van der Waals surface area contributed by atoms with Crippen LogP contribution in [0.4, 0.5) is 0 Å². The van der Waals surface area contributed by atoms with Crippen molar-refractivity contribution in [1.82, 2.24) is 10.3 Å². The van der Waals surface area contributed by atoms with Crippen molar-refractivity contribution in [3.05, 3.63) is 77.5 Å². The quantitative estimate of drug-likeness (QED) is 0.150. The van der Waals surface area contributed by atoms with Crippen molar-refractivity contribution in [1.29, 1.82) is 0 Å². The number of aromatic amines is 1. The molecule has 1 heterocycles. The number of methoxy groups -OCH3 is 3. The maximum atomic E-state index is 13.4. The Bertz CT molecular complexity index is 1400. The van der Waals surface area contributed by atoms with Crippen LogP contribution < -0.4 is 19.5 Å². The van der Waals surface area contributed by atoms with Gasteiger partial charge in [0.25, 0.3) is 5.91 Å². The van der Waals surface area contributed by atoms with Crippen LogP contribution in [-0.4, -0.2) is 55.3 Å². The second-order valence-electron chi connectivity index (χ2n) is 9.51. The Kier molecular flexibility index (Phi) is 9.11. The molecular formula is C31H36N2O6. The fourth-order valence-electron chi connectivity index (χ4n) is 4.81. The molecule has 0 aliphatic rings. The predicted octanol–water partition coefficient (Wildman–Crippen LogP) is 5.03. The molecule has 8 heteroatoms. The van der Waals surface area contributed by atoms with Crippen molar-refractivity contribution in [2.45, 2.75) is 38.3 Å². The number of ether oxygens (including phenoxy) is 3. The van der Waals surface area contributed by atoms with E-state index < -0.39 is 6.23 Å². The summed E-state index contributed by atoms with van der Waals surface area (Å²) in [5.41, 5.74) is 4.84. The van der Waals surface area contributed by atoms with Crippen LogP contribution in [0.1, 0.15) is 47.2 Å². The Morgan fingerprint density at radius 1 is 0.949 bits per heavy atom. The van der Waals surface area contributed by atoms with Crippen molar-refractivity contribution in [2.75, 3.05) is 27.9 Å². The number of benzene rings is 3. The zero-order valence-corrected chi connectivity index (χ0v) is 22.8. The number of aliphatic hydroxyl groups excluding tert-OH is 2. The molecule has 0 saturated carbocycles. The summed E-state index contributed by atoms with van der Waals surface area (Å²) in [6, 6.07) is 17.2. The molecule has 206 valence electrons. The van der Waals surface area contributed by atoms with Crippen LogP contribution in [0, 0.1) is 0 Å². The van der Waals surface area contributed by atoms with Gasteiger partial charge in [0.05, 0.1) is 21.3 Å². The van der Waals surface area contributed by atoms with E-state index in [1.54, 1.807) is 27.4 Å². The third kappa shape index (κ3) is 6.19. The zero-order chi connectivity index (χ0) is 27.9. The van der Waals surface area contributed by atoms with E-state index in [4.69, 9.17) is 14.2 Å². The van der Waals surface area contributed by atoms with Gasteiger partial charge in [0, 0.05) is 35.2 Å². The van der Waals surface area contributed by atoms with Gasteiger partial charge in [0.15, 0.2) is 11.5 Å². The summed E-state index contributed by atoms with van der Waals surface area (Å²) in [7, 11) is 4.66. The van der Waals surface area contributed by atoms with E-state index in [0.717, 1.165) is 39.6 Å². The van der Waals surface area contributed by atoms with E-state index in [1.807, 2.05) is 61.7 Å². The highest BCUT2D eigenvalue weighted by Gasteiger charge is 2.23. The highest BCUT2D eigenvalue weighted by Crippen LogP contribution is 2.41. The lowest BCUT2D eigenvalue weighted by Gasteiger charge is -2.21. The lowest BCUT2D eigenvalue weighted by Crippen LogP contribution is -2.38. The number of aromatic nitrogens is 1. The molecule has 4 aromatic rings. The average Bonchev–Trinajstić information content (AvgIpc) is 3.40. The van der Waals surface area contributed by atoms with Crippen LogP contribution in [-0.2, 0) is 6.42 Å². The third-order valence-corrected chi connectivity index (χ3v) is 6.99. The van der Waals surface area contributed by atoms with Crippen LogP contribution >= 0.6 is 0 Å². The molecule has 3 aromatic carbocycles. The number of H-pyrrole nitrogens is 1. The summed E-state index contributed by atoms with van der Waals surface area (Å²) in [5, 5.41) is 24.0. The smallest absolute Gasteiger partial charge is 0.253 e. The van der Waals surface area contributed by atoms with Gasteiger partial charge in [-0.1, -0.05) is 31.2 Å². The Morgan fingerprint density at radius 2 is 1.64 bits per heavy atom. The molecule has 8 nitrogen and oxygen atoms in total. The molecule has 0 fully saturated rings. The Morgan fingerprint density at radius 3 is 2.31 bits per heavy atom. The molecule has 39 heavy (non-hydrogen) atoms. The van der Waals surface area contributed by atoms with Crippen LogP contribution in [0.3, 0.4) is 0 Å². The maximum absolute atomic E-state index is 13.4. The van der Waals surface area contributed by atoms with Gasteiger partial charge < -0.3 is 34.7 Å². The number of fused-ring (bicyclic) bond motifs is 1. The largest absolute Gasteiger partial charge is 0.493 e. The summed E-state index contributed by atoms with van der Waals surface area (Å²) < 4.78 is 16.5. The summed E-state index contributed by atoms with van der Waals surface area (Å²) in [6.07, 6.45) is 2.90. The standard InChI is InChI=1S/C31H36N2O6/c1-19(25-18-32-26-11-6-5-10-24(25)26)30(35)33-31(36)23-14-20(9-7-8-12-34)13-21(15-23)22-16-27(37-2)29(39-4)28(17-22)38-3/h5-6,10-11,13-19,30,32,34-35H,7-9,12H2,1-4H3,(H,33,36)/t19?,30-/m1/s1. The highest BCUT2D eigenvalue weighted by molar-refractivity contribution is 5.96. The summed E-state index contributed by atoms with van der Waals surface area (Å²) in [5.74, 6) is 0.771. The van der Waals surface area contributed by atoms with Gasteiger partial charge in [-0.3, -0.25) is 4.79 Å². The van der Waals surface area contributed by atoms with Gasteiger partial charge in [-0.05, 0) is 71.8 Å². The molecule has 0 aliphatic carbocycles. The van der Waals surface area contributed by atoms with Crippen molar-refractivity contribution in [2.24, 2.45) is 0 Å². The summed E-state index contributed by atoms with van der Waals surface area (Å²) in [4.78, 5) is 16.6. The Hall–Kier alpha value is -4.01. The van der Waals surface area contributed by atoms with Crippen LogP contribution in [0.2, 0.25) is 0 Å². The number of carbonyl (C=O) groups excluding carboxylic acids is 1. The zero-order valence-electron chi connectivity index (χ0n) is 22.8. The molecule has 1 aromatic heterocycles. The van der Waals surface area contributed by atoms with E-state index in [-0.39, 0.29) is 18.4 Å². The van der Waals surface area contributed by atoms with Crippen molar-refractivity contribution in [3.63, 3.8) is 0 Å². The van der Waals surface area contributed by atoms with Gasteiger partial charge in [-0.2, -0.15) is 0 Å². The molecule has 1 unspecified atom stereocenters. The molecule has 0 radical (unpaired) electrons. The number of rotatable bonds is 12. The van der Waals surface area contributed by atoms with Crippen molar-refractivity contribution < 1.29 is 29.2 Å². The van der Waals surface area contributed by atoms with E-state index in [0.29, 0.717) is 35.7 Å². The number of aryl methyl sites for hydroxylation is 1. The first-order valence-electron chi connectivity index (χ1n) is 13.0. The lowest BCUT2D eigenvalue weighted by molar-refractivity contribution is 0.0728. The Labute approximate surface area is 228 Å². The fraction of sp³-hybridized carbons (Fsp3) is 0.323. The first-order chi connectivity index (χ1) is 18.9. The second kappa shape index (κ2) is 12.7. The molecule has 1 amide bonds. The minimum absolute atomic E-state index is 0.109. The average molecular weight is 533 g/mol. The number of amides is 1. The van der Waals surface area contributed by atoms with Gasteiger partial charge in [0.1, 0.15) is 6.23 Å². The van der Waals surface area contributed by atoms with E-state index in [1.165, 1.54) is 0 Å². The van der Waals surface area contributed by atoms with E-state index in [2.05, 4.69) is 10.3 Å². The fourth-order valence-corrected chi connectivity index (χ4v) is 4.81. The maximum Gasteiger partial charge on any atom is 0.253 e. The van der Waals surface area contributed by atoms with Crippen LogP contribution in [0.15, 0.2) is 60.8 Å². The number of hydrogen-bond acceptors (Lipinski definition) is 6. The van der Waals surface area contributed by atoms with Gasteiger partial charge in [-0.15, -0.1) is 0 Å². The first-order valence-corrected chi connectivity index (χ1v) is 13.0. The van der Waals surface area contributed by atoms with E-state index in [9.17, 15) is 15.0 Å². The van der Waals surface area contributed by atoms with Gasteiger partial charge in [-0.25, -0.2) is 0 Å². The van der Waals surface area contributed by atoms with Gasteiger partial charge in [0.2, 0.25) is 5.75 Å². The number of nitrogens with one attached hydrogen (secondary N) is 2. The number of hydrogen-bond donors (Lipinski definition) is 4. The molecular weight excluding hydrogens is 496 g/mol. The normalized spacial score (nSPS) is 12.7. The van der Waals surface area contributed by atoms with Crippen molar-refractivity contribution in [3.8, 4) is 28.4 Å². The highest BCUT2D eigenvalue weighted by atomic mass is 16.5.